The molecule has 0 radical (unpaired) electrons. The molecule has 26 heavy (non-hydrogen) atoms. The zero-order chi connectivity index (χ0) is 18.1. The molecule has 1 aliphatic heterocycles. The van der Waals surface area contributed by atoms with Crippen molar-refractivity contribution < 1.29 is 18.8 Å². The highest BCUT2D eigenvalue weighted by Gasteiger charge is 2.32. The van der Waals surface area contributed by atoms with Gasteiger partial charge in [-0.15, -0.1) is 0 Å². The van der Waals surface area contributed by atoms with Crippen molar-refractivity contribution in [3.63, 3.8) is 0 Å². The van der Waals surface area contributed by atoms with Gasteiger partial charge in [0.1, 0.15) is 5.76 Å². The second kappa shape index (κ2) is 6.60. The second-order valence-electron chi connectivity index (χ2n) is 5.69. The molecule has 1 fully saturated rings. The zero-order valence-electron chi connectivity index (χ0n) is 13.5. The fourth-order valence-corrected chi connectivity index (χ4v) is 3.67. The molecule has 0 saturated carbocycles. The molecule has 0 aliphatic carbocycles. The highest BCUT2D eigenvalue weighted by atomic mass is 32.1. The van der Waals surface area contributed by atoms with Crippen LogP contribution in [0.2, 0.25) is 0 Å². The van der Waals surface area contributed by atoms with Crippen molar-refractivity contribution in [3.05, 3.63) is 42.4 Å². The molecule has 1 saturated heterocycles. The predicted molar refractivity (Wildman–Crippen MR) is 95.9 cm³/mol. The number of thiazole rings is 1. The number of amides is 4. The minimum Gasteiger partial charge on any atom is -0.467 e. The minimum atomic E-state index is -0.365. The Kier molecular flexibility index (Phi) is 4.13. The number of carbonyl (C=O) groups excluding carboxylic acids is 3. The first-order valence-corrected chi connectivity index (χ1v) is 8.75. The van der Waals surface area contributed by atoms with E-state index in [1.165, 1.54) is 11.3 Å². The molecule has 0 atom stereocenters. The van der Waals surface area contributed by atoms with Crippen LogP contribution in [-0.2, 0) is 16.1 Å². The van der Waals surface area contributed by atoms with Crippen LogP contribution in [0.15, 0.2) is 41.0 Å². The SMILES string of the molecule is O=C(NCc1ccco1)Nc1ccc2nc(N3C(=O)CCC3=O)sc2c1. The number of urea groups is 1. The molecule has 0 bridgehead atoms. The van der Waals surface area contributed by atoms with Gasteiger partial charge in [0, 0.05) is 18.5 Å². The normalized spacial score (nSPS) is 14.2. The number of rotatable bonds is 4. The molecule has 2 aromatic heterocycles. The lowest BCUT2D eigenvalue weighted by Gasteiger charge is -2.07. The number of hydrogen-bond acceptors (Lipinski definition) is 6. The molecule has 1 aromatic carbocycles. The second-order valence-corrected chi connectivity index (χ2v) is 6.70. The van der Waals surface area contributed by atoms with Crippen molar-refractivity contribution in [1.82, 2.24) is 10.3 Å². The summed E-state index contributed by atoms with van der Waals surface area (Å²) >= 11 is 1.24. The molecule has 0 unspecified atom stereocenters. The van der Waals surface area contributed by atoms with Gasteiger partial charge in [-0.05, 0) is 30.3 Å². The molecule has 8 nitrogen and oxygen atoms in total. The summed E-state index contributed by atoms with van der Waals surface area (Å²) < 4.78 is 5.93. The lowest BCUT2D eigenvalue weighted by molar-refractivity contribution is -0.121. The first kappa shape index (κ1) is 16.3. The van der Waals surface area contributed by atoms with Crippen LogP contribution in [-0.4, -0.2) is 22.8 Å². The smallest absolute Gasteiger partial charge is 0.319 e. The molecule has 3 heterocycles. The molecule has 132 valence electrons. The van der Waals surface area contributed by atoms with Gasteiger partial charge in [0.05, 0.1) is 23.0 Å². The number of furan rings is 1. The van der Waals surface area contributed by atoms with Crippen LogP contribution in [0.4, 0.5) is 15.6 Å². The summed E-state index contributed by atoms with van der Waals surface area (Å²) in [6.45, 7) is 0.283. The van der Waals surface area contributed by atoms with E-state index in [4.69, 9.17) is 4.42 Å². The van der Waals surface area contributed by atoms with E-state index in [-0.39, 0.29) is 37.2 Å². The summed E-state index contributed by atoms with van der Waals surface area (Å²) in [6.07, 6.45) is 1.98. The van der Waals surface area contributed by atoms with Crippen molar-refractivity contribution in [2.24, 2.45) is 0 Å². The lowest BCUT2D eigenvalue weighted by Crippen LogP contribution is -2.28. The summed E-state index contributed by atoms with van der Waals surface area (Å²) in [5.74, 6) is 0.192. The molecule has 4 rings (SSSR count). The molecular weight excluding hydrogens is 356 g/mol. The number of nitrogens with one attached hydrogen (secondary N) is 2. The van der Waals surface area contributed by atoms with Crippen LogP contribution in [0.5, 0.6) is 0 Å². The Balaban J connectivity index is 1.48. The fraction of sp³-hybridized carbons (Fsp3) is 0.176. The summed E-state index contributed by atoms with van der Waals surface area (Å²) in [4.78, 5) is 41.1. The Labute approximate surface area is 151 Å². The van der Waals surface area contributed by atoms with Crippen LogP contribution in [0, 0.1) is 0 Å². The Morgan fingerprint density at radius 3 is 2.77 bits per heavy atom. The average Bonchev–Trinajstić information content (AvgIpc) is 3.33. The number of imide groups is 1. The van der Waals surface area contributed by atoms with Gasteiger partial charge in [0.25, 0.3) is 0 Å². The third-order valence-electron chi connectivity index (χ3n) is 3.88. The van der Waals surface area contributed by atoms with Crippen molar-refractivity contribution in [1.29, 1.82) is 0 Å². The first-order chi connectivity index (χ1) is 12.6. The van der Waals surface area contributed by atoms with Crippen LogP contribution >= 0.6 is 11.3 Å². The number of anilines is 2. The molecular formula is C17H14N4O4S. The zero-order valence-corrected chi connectivity index (χ0v) is 14.3. The topological polar surface area (TPSA) is 105 Å². The maximum atomic E-state index is 12.0. The molecule has 0 spiro atoms. The number of fused-ring (bicyclic) bond motifs is 1. The van der Waals surface area contributed by atoms with Gasteiger partial charge in [-0.25, -0.2) is 14.7 Å². The van der Waals surface area contributed by atoms with Crippen molar-refractivity contribution in [2.75, 3.05) is 10.2 Å². The fourth-order valence-electron chi connectivity index (χ4n) is 2.63. The quantitative estimate of drug-likeness (QED) is 0.687. The standard InChI is InChI=1S/C17H14N4O4S/c22-14-5-6-15(23)21(14)17-20-12-4-3-10(8-13(12)26-17)19-16(24)18-9-11-2-1-7-25-11/h1-4,7-8H,5-6,9H2,(H2,18,19,24). The Morgan fingerprint density at radius 1 is 1.23 bits per heavy atom. The van der Waals surface area contributed by atoms with E-state index in [1.807, 2.05) is 0 Å². The third-order valence-corrected chi connectivity index (χ3v) is 4.88. The van der Waals surface area contributed by atoms with Crippen LogP contribution in [0.3, 0.4) is 0 Å². The van der Waals surface area contributed by atoms with E-state index in [0.29, 0.717) is 22.1 Å². The Morgan fingerprint density at radius 2 is 2.04 bits per heavy atom. The van der Waals surface area contributed by atoms with E-state index in [9.17, 15) is 14.4 Å². The van der Waals surface area contributed by atoms with Gasteiger partial charge in [0.15, 0.2) is 5.13 Å². The van der Waals surface area contributed by atoms with E-state index in [1.54, 1.807) is 36.6 Å². The van der Waals surface area contributed by atoms with Crippen LogP contribution in [0.25, 0.3) is 10.2 Å². The molecule has 1 aliphatic rings. The maximum absolute atomic E-state index is 12.0. The lowest BCUT2D eigenvalue weighted by atomic mass is 10.3. The summed E-state index contributed by atoms with van der Waals surface area (Å²) in [6, 6.07) is 8.37. The van der Waals surface area contributed by atoms with E-state index in [0.717, 1.165) is 9.60 Å². The highest BCUT2D eigenvalue weighted by molar-refractivity contribution is 7.22. The van der Waals surface area contributed by atoms with Crippen LogP contribution < -0.4 is 15.5 Å². The van der Waals surface area contributed by atoms with Gasteiger partial charge >= 0.3 is 6.03 Å². The highest BCUT2D eigenvalue weighted by Crippen LogP contribution is 2.33. The summed E-state index contributed by atoms with van der Waals surface area (Å²) in [5, 5.41) is 5.79. The number of aromatic nitrogens is 1. The molecule has 3 aromatic rings. The van der Waals surface area contributed by atoms with Crippen molar-refractivity contribution in [2.45, 2.75) is 19.4 Å². The predicted octanol–water partition coefficient (Wildman–Crippen LogP) is 2.86. The van der Waals surface area contributed by atoms with Crippen LogP contribution in [0.1, 0.15) is 18.6 Å². The number of nitrogens with zero attached hydrogens (tertiary/aromatic N) is 2. The van der Waals surface area contributed by atoms with Crippen molar-refractivity contribution in [3.8, 4) is 0 Å². The molecule has 2 N–H and O–H groups in total. The first-order valence-electron chi connectivity index (χ1n) is 7.94. The monoisotopic (exact) mass is 370 g/mol. The summed E-state index contributed by atoms with van der Waals surface area (Å²) in [5.41, 5.74) is 1.25. The number of carbonyl (C=O) groups is 3. The summed E-state index contributed by atoms with van der Waals surface area (Å²) in [7, 11) is 0. The minimum absolute atomic E-state index is 0.220. The number of hydrogen-bond donors (Lipinski definition) is 2. The van der Waals surface area contributed by atoms with Gasteiger partial charge in [-0.2, -0.15) is 0 Å². The van der Waals surface area contributed by atoms with Gasteiger partial charge in [-0.1, -0.05) is 11.3 Å². The van der Waals surface area contributed by atoms with E-state index >= 15 is 0 Å². The molecule has 9 heteroatoms. The van der Waals surface area contributed by atoms with Crippen molar-refractivity contribution >= 4 is 50.2 Å². The van der Waals surface area contributed by atoms with E-state index < -0.39 is 0 Å². The third kappa shape index (κ3) is 3.16. The Bertz CT molecular complexity index is 980. The largest absolute Gasteiger partial charge is 0.467 e. The average molecular weight is 370 g/mol. The van der Waals surface area contributed by atoms with Gasteiger partial charge < -0.3 is 15.1 Å². The van der Waals surface area contributed by atoms with Gasteiger partial charge in [-0.3, -0.25) is 9.59 Å². The Hall–Kier alpha value is -3.20. The number of benzene rings is 1. The molecule has 4 amide bonds. The van der Waals surface area contributed by atoms with Gasteiger partial charge in [0.2, 0.25) is 11.8 Å². The van der Waals surface area contributed by atoms with E-state index in [2.05, 4.69) is 15.6 Å². The maximum Gasteiger partial charge on any atom is 0.319 e.